The first kappa shape index (κ1) is 12.9. The Morgan fingerprint density at radius 1 is 0.786 bits per heavy atom. The van der Waals surface area contributed by atoms with Crippen LogP contribution in [0.25, 0.3) is 0 Å². The molecule has 0 fully saturated rings. The fourth-order valence-corrected chi connectivity index (χ4v) is 0.929. The molecular weight excluding hydrogens is 180 g/mol. The second-order valence-electron chi connectivity index (χ2n) is 2.07. The van der Waals surface area contributed by atoms with Gasteiger partial charge in [0, 0.05) is 0 Å². The van der Waals surface area contributed by atoms with Crippen molar-refractivity contribution in [1.29, 1.82) is 0 Å². The molecule has 4 heteroatoms. The predicted molar refractivity (Wildman–Crippen MR) is 59.2 cm³/mol. The smallest absolute Gasteiger partial charge is 0.273 e. The average molecular weight is 200 g/mol. The van der Waals surface area contributed by atoms with E-state index in [2.05, 4.69) is 9.98 Å². The van der Waals surface area contributed by atoms with Crippen molar-refractivity contribution in [3.05, 3.63) is 0 Å². The zero-order chi connectivity index (χ0) is 10.8. The summed E-state index contributed by atoms with van der Waals surface area (Å²) in [6.45, 7) is 10.8. The van der Waals surface area contributed by atoms with E-state index in [9.17, 15) is 0 Å². The summed E-state index contributed by atoms with van der Waals surface area (Å²) in [5.74, 6) is 1.16. The van der Waals surface area contributed by atoms with Crippen molar-refractivity contribution < 1.29 is 9.47 Å². The van der Waals surface area contributed by atoms with Gasteiger partial charge in [-0.25, -0.2) is 9.98 Å². The van der Waals surface area contributed by atoms with E-state index in [4.69, 9.17) is 9.47 Å². The maximum absolute atomic E-state index is 5.13. The summed E-state index contributed by atoms with van der Waals surface area (Å²) in [6.07, 6.45) is 0. The topological polar surface area (TPSA) is 43.2 Å². The van der Waals surface area contributed by atoms with Crippen LogP contribution in [0.3, 0.4) is 0 Å². The summed E-state index contributed by atoms with van der Waals surface area (Å²) in [5.41, 5.74) is 0. The van der Waals surface area contributed by atoms with Crippen LogP contribution in [0.5, 0.6) is 0 Å². The Balaban J connectivity index is 0.000000379. The lowest BCUT2D eigenvalue weighted by molar-refractivity contribution is 0.320. The van der Waals surface area contributed by atoms with Crippen molar-refractivity contribution in [2.24, 2.45) is 9.98 Å². The maximum atomic E-state index is 5.13. The average Bonchev–Trinajstić information content (AvgIpc) is 2.96. The number of aliphatic imine (C=N–C) groups is 2. The molecule has 2 rings (SSSR count). The number of ether oxygens (including phenoxy) is 2. The highest BCUT2D eigenvalue weighted by Gasteiger charge is 2.19. The van der Waals surface area contributed by atoms with Gasteiger partial charge in [0.05, 0.1) is 13.1 Å². The van der Waals surface area contributed by atoms with Crippen LogP contribution >= 0.6 is 0 Å². The van der Waals surface area contributed by atoms with Gasteiger partial charge in [0.25, 0.3) is 11.8 Å². The molecule has 0 spiro atoms. The monoisotopic (exact) mass is 200 g/mol. The molecule has 0 radical (unpaired) electrons. The molecule has 4 nitrogen and oxygen atoms in total. The lowest BCUT2D eigenvalue weighted by Gasteiger charge is -1.98. The van der Waals surface area contributed by atoms with Crippen LogP contribution < -0.4 is 0 Å². The van der Waals surface area contributed by atoms with Crippen LogP contribution in [-0.4, -0.2) is 38.1 Å². The molecule has 82 valence electrons. The zero-order valence-electron chi connectivity index (χ0n) is 9.54. The van der Waals surface area contributed by atoms with Gasteiger partial charge in [-0.05, 0) is 0 Å². The fraction of sp³-hybridized carbons (Fsp3) is 0.800. The minimum Gasteiger partial charge on any atom is -0.472 e. The minimum absolute atomic E-state index is 0.581. The maximum Gasteiger partial charge on any atom is 0.273 e. The summed E-state index contributed by atoms with van der Waals surface area (Å²) >= 11 is 0. The third kappa shape index (κ3) is 3.77. The van der Waals surface area contributed by atoms with Gasteiger partial charge >= 0.3 is 0 Å². The normalized spacial score (nSPS) is 17.4. The van der Waals surface area contributed by atoms with Gasteiger partial charge in [0.15, 0.2) is 0 Å². The van der Waals surface area contributed by atoms with E-state index >= 15 is 0 Å². The van der Waals surface area contributed by atoms with Gasteiger partial charge in [-0.1, -0.05) is 27.7 Å². The number of rotatable bonds is 1. The first-order valence-electron chi connectivity index (χ1n) is 5.32. The lowest BCUT2D eigenvalue weighted by Crippen LogP contribution is -2.14. The first-order chi connectivity index (χ1) is 6.97. The molecule has 0 atom stereocenters. The van der Waals surface area contributed by atoms with E-state index in [-0.39, 0.29) is 0 Å². The molecule has 2 aliphatic rings. The van der Waals surface area contributed by atoms with E-state index in [0.29, 0.717) is 25.0 Å². The van der Waals surface area contributed by atoms with Gasteiger partial charge in [0.1, 0.15) is 13.2 Å². The van der Waals surface area contributed by atoms with Crippen LogP contribution in [0, 0.1) is 0 Å². The Morgan fingerprint density at radius 3 is 1.36 bits per heavy atom. The molecule has 0 aromatic heterocycles. The highest BCUT2D eigenvalue weighted by Crippen LogP contribution is 2.02. The highest BCUT2D eigenvalue weighted by molar-refractivity contribution is 6.35. The SMILES string of the molecule is C1COC(C2=NCCO2)=N1.CC.CC. The molecule has 0 aromatic rings. The quantitative estimate of drug-likeness (QED) is 0.648. The Bertz CT molecular complexity index is 178. The largest absolute Gasteiger partial charge is 0.472 e. The second-order valence-corrected chi connectivity index (χ2v) is 2.07. The van der Waals surface area contributed by atoms with Gasteiger partial charge in [-0.15, -0.1) is 0 Å². The molecule has 0 aliphatic carbocycles. The van der Waals surface area contributed by atoms with Gasteiger partial charge in [-0.3, -0.25) is 0 Å². The van der Waals surface area contributed by atoms with Crippen molar-refractivity contribution in [2.75, 3.05) is 26.3 Å². The van der Waals surface area contributed by atoms with Crippen LogP contribution in [0.1, 0.15) is 27.7 Å². The van der Waals surface area contributed by atoms with Gasteiger partial charge in [-0.2, -0.15) is 0 Å². The number of nitrogens with zero attached hydrogens (tertiary/aromatic N) is 2. The summed E-state index contributed by atoms with van der Waals surface area (Å²) in [7, 11) is 0. The Hall–Kier alpha value is -1.06. The molecule has 0 saturated carbocycles. The molecule has 0 unspecified atom stereocenters. The van der Waals surface area contributed by atoms with Crippen LogP contribution in [0.2, 0.25) is 0 Å². The van der Waals surface area contributed by atoms with E-state index in [0.717, 1.165) is 13.1 Å². The molecule has 0 bridgehead atoms. The van der Waals surface area contributed by atoms with Crippen LogP contribution in [0.15, 0.2) is 9.98 Å². The lowest BCUT2D eigenvalue weighted by atomic mass is 10.6. The zero-order valence-corrected chi connectivity index (χ0v) is 9.54. The number of hydrogen-bond acceptors (Lipinski definition) is 4. The summed E-state index contributed by atoms with van der Waals surface area (Å²) < 4.78 is 10.3. The van der Waals surface area contributed by atoms with Crippen molar-refractivity contribution >= 4 is 11.8 Å². The third-order valence-electron chi connectivity index (χ3n) is 1.35. The van der Waals surface area contributed by atoms with E-state index in [1.165, 1.54) is 0 Å². The van der Waals surface area contributed by atoms with E-state index < -0.39 is 0 Å². The van der Waals surface area contributed by atoms with E-state index in [1.54, 1.807) is 0 Å². The Kier molecular flexibility index (Phi) is 7.89. The minimum atomic E-state index is 0.581. The van der Waals surface area contributed by atoms with Crippen LogP contribution in [0.4, 0.5) is 0 Å². The molecule has 0 saturated heterocycles. The molecule has 2 aliphatic heterocycles. The highest BCUT2D eigenvalue weighted by atomic mass is 16.5. The van der Waals surface area contributed by atoms with Crippen molar-refractivity contribution in [3.8, 4) is 0 Å². The molecule has 14 heavy (non-hydrogen) atoms. The molecule has 2 heterocycles. The number of hydrogen-bond donors (Lipinski definition) is 0. The fourth-order valence-electron chi connectivity index (χ4n) is 0.929. The van der Waals surface area contributed by atoms with Crippen LogP contribution in [-0.2, 0) is 9.47 Å². The Morgan fingerprint density at radius 2 is 1.14 bits per heavy atom. The van der Waals surface area contributed by atoms with Crippen molar-refractivity contribution in [1.82, 2.24) is 0 Å². The summed E-state index contributed by atoms with van der Waals surface area (Å²) in [5, 5.41) is 0. The van der Waals surface area contributed by atoms with Gasteiger partial charge in [0.2, 0.25) is 0 Å². The van der Waals surface area contributed by atoms with Gasteiger partial charge < -0.3 is 9.47 Å². The Labute approximate surface area is 86.0 Å². The summed E-state index contributed by atoms with van der Waals surface area (Å²) in [4.78, 5) is 8.11. The second kappa shape index (κ2) is 8.53. The molecule has 0 amide bonds. The molecule has 0 aromatic carbocycles. The van der Waals surface area contributed by atoms with Crippen molar-refractivity contribution in [2.45, 2.75) is 27.7 Å². The third-order valence-corrected chi connectivity index (χ3v) is 1.35. The standard InChI is InChI=1S/C6H8N2O2.2C2H6/c1-3-9-5(7-1)6-8-2-4-10-6;2*1-2/h1-4H2;2*1-2H3. The first-order valence-corrected chi connectivity index (χ1v) is 5.32. The summed E-state index contributed by atoms with van der Waals surface area (Å²) in [6, 6.07) is 0. The van der Waals surface area contributed by atoms with E-state index in [1.807, 2.05) is 27.7 Å². The predicted octanol–water partition coefficient (Wildman–Crippen LogP) is 1.90. The molecule has 0 N–H and O–H groups in total. The molecular formula is C10H20N2O2. The van der Waals surface area contributed by atoms with Crippen molar-refractivity contribution in [3.63, 3.8) is 0 Å².